The quantitative estimate of drug-likeness (QED) is 0.876. The molecule has 1 fully saturated rings. The van der Waals surface area contributed by atoms with E-state index in [0.717, 1.165) is 13.1 Å². The molecule has 1 aromatic rings. The van der Waals surface area contributed by atoms with E-state index in [4.69, 9.17) is 0 Å². The Morgan fingerprint density at radius 3 is 2.88 bits per heavy atom. The van der Waals surface area contributed by atoms with Gasteiger partial charge in [-0.3, -0.25) is 0 Å². The molecular formula is C12H18BrNOS. The first-order valence-corrected chi connectivity index (χ1v) is 7.46. The van der Waals surface area contributed by atoms with E-state index < -0.39 is 0 Å². The van der Waals surface area contributed by atoms with Gasteiger partial charge >= 0.3 is 0 Å². The number of halogens is 1. The summed E-state index contributed by atoms with van der Waals surface area (Å²) in [6.45, 7) is 2.35. The monoisotopic (exact) mass is 303 g/mol. The Bertz CT molecular complexity index is 329. The molecule has 90 valence electrons. The van der Waals surface area contributed by atoms with Gasteiger partial charge in [0.15, 0.2) is 0 Å². The molecule has 2 unspecified atom stereocenters. The van der Waals surface area contributed by atoms with Gasteiger partial charge in [-0.15, -0.1) is 11.3 Å². The lowest BCUT2D eigenvalue weighted by molar-refractivity contribution is 0.192. The SMILES string of the molecule is OCC1CCCC1CNCc1ccc(Br)s1. The molecule has 0 aromatic carbocycles. The van der Waals surface area contributed by atoms with Gasteiger partial charge in [-0.1, -0.05) is 6.42 Å². The van der Waals surface area contributed by atoms with Crippen molar-refractivity contribution in [2.24, 2.45) is 11.8 Å². The van der Waals surface area contributed by atoms with E-state index in [1.165, 1.54) is 27.9 Å². The zero-order valence-corrected chi connectivity index (χ0v) is 11.7. The lowest BCUT2D eigenvalue weighted by atomic mass is 9.97. The summed E-state index contributed by atoms with van der Waals surface area (Å²) in [5.41, 5.74) is 0. The number of nitrogens with one attached hydrogen (secondary N) is 1. The fraction of sp³-hybridized carbons (Fsp3) is 0.667. The maximum atomic E-state index is 9.22. The second-order valence-corrected chi connectivity index (χ2v) is 7.02. The number of aliphatic hydroxyl groups excluding tert-OH is 1. The predicted molar refractivity (Wildman–Crippen MR) is 71.6 cm³/mol. The van der Waals surface area contributed by atoms with Crippen LogP contribution in [0.15, 0.2) is 15.9 Å². The summed E-state index contributed by atoms with van der Waals surface area (Å²) in [6, 6.07) is 4.24. The summed E-state index contributed by atoms with van der Waals surface area (Å²) < 4.78 is 1.19. The second kappa shape index (κ2) is 6.15. The number of rotatable bonds is 5. The predicted octanol–water partition coefficient (Wildman–Crippen LogP) is 3.01. The third-order valence-electron chi connectivity index (χ3n) is 3.39. The Balaban J connectivity index is 1.71. The maximum Gasteiger partial charge on any atom is 0.0701 e. The van der Waals surface area contributed by atoms with Crippen LogP contribution in [0.5, 0.6) is 0 Å². The summed E-state index contributed by atoms with van der Waals surface area (Å²) in [5.74, 6) is 1.20. The van der Waals surface area contributed by atoms with Gasteiger partial charge < -0.3 is 10.4 Å². The number of hydrogen-bond donors (Lipinski definition) is 2. The van der Waals surface area contributed by atoms with Crippen molar-refractivity contribution in [2.75, 3.05) is 13.2 Å². The van der Waals surface area contributed by atoms with Gasteiger partial charge in [0.25, 0.3) is 0 Å². The van der Waals surface area contributed by atoms with Crippen molar-refractivity contribution < 1.29 is 5.11 Å². The Hall–Kier alpha value is 0.1000. The van der Waals surface area contributed by atoms with Crippen LogP contribution in [-0.2, 0) is 6.54 Å². The topological polar surface area (TPSA) is 32.3 Å². The number of thiophene rings is 1. The molecule has 4 heteroatoms. The molecule has 1 aromatic heterocycles. The molecule has 1 aliphatic carbocycles. The standard InChI is InChI=1S/C12H18BrNOS/c13-12-5-4-11(16-12)7-14-6-9-2-1-3-10(9)8-15/h4-5,9-10,14-15H,1-3,6-8H2. The van der Waals surface area contributed by atoms with Crippen molar-refractivity contribution in [2.45, 2.75) is 25.8 Å². The molecule has 1 saturated carbocycles. The smallest absolute Gasteiger partial charge is 0.0701 e. The highest BCUT2D eigenvalue weighted by molar-refractivity contribution is 9.11. The number of hydrogen-bond acceptors (Lipinski definition) is 3. The Kier molecular flexibility index (Phi) is 4.82. The van der Waals surface area contributed by atoms with Crippen LogP contribution in [0, 0.1) is 11.8 Å². The Morgan fingerprint density at radius 2 is 2.19 bits per heavy atom. The van der Waals surface area contributed by atoms with Crippen LogP contribution in [-0.4, -0.2) is 18.3 Å². The summed E-state index contributed by atoms with van der Waals surface area (Å²) in [5, 5.41) is 12.7. The summed E-state index contributed by atoms with van der Waals surface area (Å²) >= 11 is 5.25. The van der Waals surface area contributed by atoms with Gasteiger partial charge in [-0.05, 0) is 59.3 Å². The highest BCUT2D eigenvalue weighted by atomic mass is 79.9. The molecule has 0 spiro atoms. The summed E-state index contributed by atoms with van der Waals surface area (Å²) in [7, 11) is 0. The lowest BCUT2D eigenvalue weighted by Gasteiger charge is -2.17. The molecular weight excluding hydrogens is 286 g/mol. The van der Waals surface area contributed by atoms with Crippen molar-refractivity contribution in [3.63, 3.8) is 0 Å². The minimum absolute atomic E-state index is 0.358. The fourth-order valence-corrected chi connectivity index (χ4v) is 3.90. The van der Waals surface area contributed by atoms with Gasteiger partial charge in [0.1, 0.15) is 0 Å². The molecule has 1 aliphatic rings. The first-order valence-electron chi connectivity index (χ1n) is 5.85. The molecule has 1 heterocycles. The van der Waals surface area contributed by atoms with Gasteiger partial charge in [0, 0.05) is 18.0 Å². The highest BCUT2D eigenvalue weighted by Gasteiger charge is 2.25. The minimum Gasteiger partial charge on any atom is -0.396 e. The third kappa shape index (κ3) is 3.29. The van der Waals surface area contributed by atoms with Gasteiger partial charge in [0.2, 0.25) is 0 Å². The van der Waals surface area contributed by atoms with Crippen molar-refractivity contribution in [3.05, 3.63) is 20.8 Å². The van der Waals surface area contributed by atoms with E-state index in [1.807, 2.05) is 0 Å². The fourth-order valence-electron chi connectivity index (χ4n) is 2.45. The largest absolute Gasteiger partial charge is 0.396 e. The van der Waals surface area contributed by atoms with Crippen LogP contribution in [0.4, 0.5) is 0 Å². The van der Waals surface area contributed by atoms with Crippen molar-refractivity contribution in [1.29, 1.82) is 0 Å². The summed E-state index contributed by atoms with van der Waals surface area (Å²) in [6.07, 6.45) is 3.75. The van der Waals surface area contributed by atoms with Gasteiger partial charge in [0.05, 0.1) is 3.79 Å². The Morgan fingerprint density at radius 1 is 1.38 bits per heavy atom. The van der Waals surface area contributed by atoms with Crippen LogP contribution in [0.1, 0.15) is 24.1 Å². The zero-order valence-electron chi connectivity index (χ0n) is 9.29. The molecule has 0 amide bonds. The normalized spacial score (nSPS) is 25.1. The molecule has 0 aliphatic heterocycles. The van der Waals surface area contributed by atoms with E-state index in [1.54, 1.807) is 11.3 Å². The first kappa shape index (κ1) is 12.6. The van der Waals surface area contributed by atoms with E-state index in [2.05, 4.69) is 33.4 Å². The van der Waals surface area contributed by atoms with Crippen LogP contribution in [0.3, 0.4) is 0 Å². The lowest BCUT2D eigenvalue weighted by Crippen LogP contribution is -2.26. The maximum absolute atomic E-state index is 9.22. The zero-order chi connectivity index (χ0) is 11.4. The van der Waals surface area contributed by atoms with Crippen LogP contribution in [0.25, 0.3) is 0 Å². The molecule has 2 nitrogen and oxygen atoms in total. The van der Waals surface area contributed by atoms with Crippen LogP contribution < -0.4 is 5.32 Å². The molecule has 0 saturated heterocycles. The highest BCUT2D eigenvalue weighted by Crippen LogP contribution is 2.30. The molecule has 2 N–H and O–H groups in total. The van der Waals surface area contributed by atoms with E-state index in [-0.39, 0.29) is 0 Å². The number of aliphatic hydroxyl groups is 1. The second-order valence-electron chi connectivity index (χ2n) is 4.47. The molecule has 16 heavy (non-hydrogen) atoms. The molecule has 0 bridgehead atoms. The van der Waals surface area contributed by atoms with E-state index in [0.29, 0.717) is 18.4 Å². The van der Waals surface area contributed by atoms with E-state index in [9.17, 15) is 5.11 Å². The van der Waals surface area contributed by atoms with Crippen LogP contribution in [0.2, 0.25) is 0 Å². The minimum atomic E-state index is 0.358. The Labute approximate surface area is 109 Å². The summed E-state index contributed by atoms with van der Waals surface area (Å²) in [4.78, 5) is 1.37. The van der Waals surface area contributed by atoms with Gasteiger partial charge in [-0.25, -0.2) is 0 Å². The van der Waals surface area contributed by atoms with Crippen molar-refractivity contribution >= 4 is 27.3 Å². The first-order chi connectivity index (χ1) is 7.79. The van der Waals surface area contributed by atoms with Crippen LogP contribution >= 0.6 is 27.3 Å². The third-order valence-corrected chi connectivity index (χ3v) is 5.01. The van der Waals surface area contributed by atoms with Crippen molar-refractivity contribution in [1.82, 2.24) is 5.32 Å². The van der Waals surface area contributed by atoms with Gasteiger partial charge in [-0.2, -0.15) is 0 Å². The average molecular weight is 304 g/mol. The average Bonchev–Trinajstić information content (AvgIpc) is 2.87. The van der Waals surface area contributed by atoms with Crippen molar-refractivity contribution in [3.8, 4) is 0 Å². The molecule has 2 atom stereocenters. The molecule has 2 rings (SSSR count). The van der Waals surface area contributed by atoms with E-state index >= 15 is 0 Å². The molecule has 0 radical (unpaired) electrons.